The Labute approximate surface area is 158 Å². The summed E-state index contributed by atoms with van der Waals surface area (Å²) in [4.78, 5) is 2.26. The van der Waals surface area contributed by atoms with Crippen LogP contribution in [0.25, 0.3) is 0 Å². The van der Waals surface area contributed by atoms with Crippen molar-refractivity contribution in [1.29, 1.82) is 0 Å². The maximum Gasteiger partial charge on any atom is 0.120 e. The molecule has 0 aliphatic heterocycles. The van der Waals surface area contributed by atoms with E-state index in [0.29, 0.717) is 6.61 Å². The molecule has 0 spiro atoms. The molecule has 0 aliphatic carbocycles. The van der Waals surface area contributed by atoms with Crippen LogP contribution in [-0.4, -0.2) is 18.5 Å². The van der Waals surface area contributed by atoms with Gasteiger partial charge < -0.3 is 4.74 Å². The molecule has 2 rings (SSSR count). The molecule has 26 heavy (non-hydrogen) atoms. The van der Waals surface area contributed by atoms with Crippen LogP contribution in [0.3, 0.4) is 0 Å². The summed E-state index contributed by atoms with van der Waals surface area (Å²) >= 11 is 0. The fraction of sp³-hybridized carbons (Fsp3) is 0.333. The average Bonchev–Trinajstić information content (AvgIpc) is 2.67. The van der Waals surface area contributed by atoms with Crippen molar-refractivity contribution in [3.8, 4) is 17.6 Å². The van der Waals surface area contributed by atoms with E-state index in [1.807, 2.05) is 30.3 Å². The van der Waals surface area contributed by atoms with E-state index >= 15 is 0 Å². The minimum Gasteiger partial charge on any atom is -0.489 e. The summed E-state index contributed by atoms with van der Waals surface area (Å²) in [6.45, 7) is 4.56. The molecular weight excluding hydrogens is 318 g/mol. The second kappa shape index (κ2) is 12.0. The third-order valence-corrected chi connectivity index (χ3v) is 3.97. The number of hydrogen-bond acceptors (Lipinski definition) is 2. The Morgan fingerprint density at radius 1 is 1.04 bits per heavy atom. The predicted molar refractivity (Wildman–Crippen MR) is 110 cm³/mol. The number of unbranched alkanes of at least 4 members (excludes halogenated alkanes) is 2. The molecule has 136 valence electrons. The lowest BCUT2D eigenvalue weighted by atomic mass is 10.2. The number of nitrogens with zero attached hydrogens (tertiary/aromatic N) is 1. The van der Waals surface area contributed by atoms with Crippen molar-refractivity contribution in [2.24, 2.45) is 0 Å². The zero-order valence-electron chi connectivity index (χ0n) is 15.9. The van der Waals surface area contributed by atoms with E-state index in [0.717, 1.165) is 25.3 Å². The van der Waals surface area contributed by atoms with Crippen LogP contribution in [0.2, 0.25) is 0 Å². The molecule has 2 nitrogen and oxygen atoms in total. The van der Waals surface area contributed by atoms with Crippen molar-refractivity contribution in [3.63, 3.8) is 0 Å². The topological polar surface area (TPSA) is 12.5 Å². The molecule has 2 aromatic carbocycles. The third kappa shape index (κ3) is 8.05. The van der Waals surface area contributed by atoms with Crippen molar-refractivity contribution >= 4 is 0 Å². The van der Waals surface area contributed by atoms with E-state index in [9.17, 15) is 0 Å². The standard InChI is InChI=1S/C24H29NO/c1-3-4-5-6-7-8-12-18-25(2)20-23-16-13-17-24(19-23)26-21-22-14-10-9-11-15-22/h8-17,19H,3-5,18,20-21H2,1-2H3. The fourth-order valence-corrected chi connectivity index (χ4v) is 2.54. The van der Waals surface area contributed by atoms with Crippen molar-refractivity contribution in [1.82, 2.24) is 4.90 Å². The van der Waals surface area contributed by atoms with Gasteiger partial charge in [-0.05, 0) is 42.8 Å². The molecule has 0 radical (unpaired) electrons. The Morgan fingerprint density at radius 3 is 2.65 bits per heavy atom. The highest BCUT2D eigenvalue weighted by Gasteiger charge is 2.01. The van der Waals surface area contributed by atoms with E-state index in [1.54, 1.807) is 0 Å². The summed E-state index contributed by atoms with van der Waals surface area (Å²) in [5, 5.41) is 0. The number of hydrogen-bond donors (Lipinski definition) is 0. The van der Waals surface area contributed by atoms with Gasteiger partial charge in [0.15, 0.2) is 0 Å². The minimum absolute atomic E-state index is 0.597. The van der Waals surface area contributed by atoms with Crippen LogP contribution in [-0.2, 0) is 13.2 Å². The fourth-order valence-electron chi connectivity index (χ4n) is 2.54. The molecule has 0 fully saturated rings. The number of benzene rings is 2. The highest BCUT2D eigenvalue weighted by molar-refractivity contribution is 5.29. The highest BCUT2D eigenvalue weighted by atomic mass is 16.5. The lowest BCUT2D eigenvalue weighted by Crippen LogP contribution is -2.17. The number of likely N-dealkylation sites (N-methyl/N-ethyl adjacent to an activating group) is 1. The molecule has 0 N–H and O–H groups in total. The maximum absolute atomic E-state index is 5.91. The first-order chi connectivity index (χ1) is 12.8. The van der Waals surface area contributed by atoms with Gasteiger partial charge in [0.25, 0.3) is 0 Å². The second-order valence-corrected chi connectivity index (χ2v) is 6.45. The quantitative estimate of drug-likeness (QED) is 0.442. The van der Waals surface area contributed by atoms with Crippen LogP contribution in [0.4, 0.5) is 0 Å². The van der Waals surface area contributed by atoms with Gasteiger partial charge in [-0.25, -0.2) is 0 Å². The molecule has 0 amide bonds. The third-order valence-electron chi connectivity index (χ3n) is 3.97. The monoisotopic (exact) mass is 347 g/mol. The molecule has 0 bridgehead atoms. The lowest BCUT2D eigenvalue weighted by Gasteiger charge is -2.15. The highest BCUT2D eigenvalue weighted by Crippen LogP contribution is 2.16. The first kappa shape index (κ1) is 19.8. The Kier molecular flexibility index (Phi) is 9.11. The Bertz CT molecular complexity index is 725. The summed E-state index contributed by atoms with van der Waals surface area (Å²) in [5.41, 5.74) is 2.43. The van der Waals surface area contributed by atoms with Crippen LogP contribution in [0.1, 0.15) is 37.3 Å². The molecule has 0 aromatic heterocycles. The lowest BCUT2D eigenvalue weighted by molar-refractivity contribution is 0.304. The summed E-state index contributed by atoms with van der Waals surface area (Å²) in [7, 11) is 2.12. The predicted octanol–water partition coefficient (Wildman–Crippen LogP) is 5.45. The first-order valence-electron chi connectivity index (χ1n) is 9.35. The molecule has 0 saturated heterocycles. The Balaban J connectivity index is 1.77. The van der Waals surface area contributed by atoms with E-state index in [1.165, 1.54) is 24.0 Å². The van der Waals surface area contributed by atoms with Gasteiger partial charge in [0.1, 0.15) is 12.4 Å². The molecular formula is C24H29NO. The van der Waals surface area contributed by atoms with E-state index in [4.69, 9.17) is 4.74 Å². The van der Waals surface area contributed by atoms with Gasteiger partial charge in [0.2, 0.25) is 0 Å². The zero-order chi connectivity index (χ0) is 18.5. The van der Waals surface area contributed by atoms with Crippen LogP contribution in [0.15, 0.2) is 66.7 Å². The molecule has 0 aliphatic rings. The van der Waals surface area contributed by atoms with Gasteiger partial charge in [-0.15, -0.1) is 0 Å². The molecule has 2 aromatic rings. The second-order valence-electron chi connectivity index (χ2n) is 6.45. The molecule has 0 saturated carbocycles. The largest absolute Gasteiger partial charge is 0.489 e. The molecule has 0 unspecified atom stereocenters. The average molecular weight is 348 g/mol. The Hall–Kier alpha value is -2.50. The van der Waals surface area contributed by atoms with Crippen molar-refractivity contribution in [2.75, 3.05) is 13.6 Å². The van der Waals surface area contributed by atoms with E-state index in [-0.39, 0.29) is 0 Å². The van der Waals surface area contributed by atoms with Crippen molar-refractivity contribution < 1.29 is 4.74 Å². The van der Waals surface area contributed by atoms with Gasteiger partial charge in [0.05, 0.1) is 0 Å². The van der Waals surface area contributed by atoms with Gasteiger partial charge in [-0.2, -0.15) is 0 Å². The number of allylic oxidation sites excluding steroid dienone is 1. The first-order valence-corrected chi connectivity index (χ1v) is 9.35. The molecule has 2 heteroatoms. The summed E-state index contributed by atoms with van der Waals surface area (Å²) in [6, 6.07) is 18.6. The zero-order valence-corrected chi connectivity index (χ0v) is 15.9. The van der Waals surface area contributed by atoms with Crippen LogP contribution < -0.4 is 4.74 Å². The van der Waals surface area contributed by atoms with E-state index < -0.39 is 0 Å². The number of rotatable bonds is 9. The summed E-state index contributed by atoms with van der Waals surface area (Å²) in [6.07, 6.45) is 7.46. The van der Waals surface area contributed by atoms with Crippen LogP contribution in [0, 0.1) is 11.8 Å². The van der Waals surface area contributed by atoms with Gasteiger partial charge in [-0.1, -0.05) is 73.7 Å². The van der Waals surface area contributed by atoms with Crippen molar-refractivity contribution in [2.45, 2.75) is 39.3 Å². The summed E-state index contributed by atoms with van der Waals surface area (Å²) < 4.78 is 5.91. The van der Waals surface area contributed by atoms with Crippen LogP contribution >= 0.6 is 0 Å². The van der Waals surface area contributed by atoms with Crippen molar-refractivity contribution in [3.05, 3.63) is 77.9 Å². The van der Waals surface area contributed by atoms with Gasteiger partial charge >= 0.3 is 0 Å². The van der Waals surface area contributed by atoms with E-state index in [2.05, 4.69) is 67.1 Å². The minimum atomic E-state index is 0.597. The molecule has 0 heterocycles. The summed E-state index contributed by atoms with van der Waals surface area (Å²) in [5.74, 6) is 7.19. The SMILES string of the molecule is CCCCC#CC=CCN(C)Cc1cccc(OCc2ccccc2)c1. The normalized spacial score (nSPS) is 10.7. The van der Waals surface area contributed by atoms with Gasteiger partial charge in [-0.3, -0.25) is 4.90 Å². The smallest absolute Gasteiger partial charge is 0.120 e. The Morgan fingerprint density at radius 2 is 1.85 bits per heavy atom. The molecule has 0 atom stereocenters. The number of ether oxygens (including phenoxy) is 1. The van der Waals surface area contributed by atoms with Crippen LogP contribution in [0.5, 0.6) is 5.75 Å². The maximum atomic E-state index is 5.91. The van der Waals surface area contributed by atoms with Gasteiger partial charge in [0, 0.05) is 19.5 Å².